The zero-order valence-electron chi connectivity index (χ0n) is 8.54. The van der Waals surface area contributed by atoms with Crippen LogP contribution in [0.5, 0.6) is 0 Å². The van der Waals surface area contributed by atoms with Crippen molar-refractivity contribution in [3.63, 3.8) is 0 Å². The number of hydrogen-bond donors (Lipinski definition) is 2. The maximum atomic E-state index is 10.8. The molecule has 3 atom stereocenters. The summed E-state index contributed by atoms with van der Waals surface area (Å²) >= 11 is 0. The number of hydrogen-bond acceptors (Lipinski definition) is 2. The van der Waals surface area contributed by atoms with Crippen LogP contribution in [0, 0.1) is 17.3 Å². The summed E-state index contributed by atoms with van der Waals surface area (Å²) in [6.07, 6.45) is 6.43. The minimum atomic E-state index is -0.681. The van der Waals surface area contributed by atoms with Crippen molar-refractivity contribution in [1.29, 1.82) is 0 Å². The Bertz CT molecular complexity index is 241. The lowest BCUT2D eigenvalue weighted by Crippen LogP contribution is -2.54. The third kappa shape index (κ3) is 1.44. The molecule has 0 spiro atoms. The SMILES string of the molecule is NC[C@]1(CC(=O)O)C[C@@H]2CCCCC21. The molecule has 2 aliphatic carbocycles. The van der Waals surface area contributed by atoms with E-state index in [1.165, 1.54) is 25.7 Å². The van der Waals surface area contributed by atoms with E-state index in [1.807, 2.05) is 0 Å². The zero-order chi connectivity index (χ0) is 10.2. The van der Waals surface area contributed by atoms with Crippen LogP contribution < -0.4 is 5.73 Å². The number of carboxylic acids is 1. The van der Waals surface area contributed by atoms with Gasteiger partial charge in [-0.3, -0.25) is 4.79 Å². The van der Waals surface area contributed by atoms with E-state index in [2.05, 4.69) is 0 Å². The van der Waals surface area contributed by atoms with E-state index in [9.17, 15) is 4.79 Å². The lowest BCUT2D eigenvalue weighted by molar-refractivity contribution is -0.148. The van der Waals surface area contributed by atoms with Gasteiger partial charge in [0.15, 0.2) is 0 Å². The van der Waals surface area contributed by atoms with Gasteiger partial charge in [-0.1, -0.05) is 19.3 Å². The molecule has 0 heterocycles. The highest BCUT2D eigenvalue weighted by Crippen LogP contribution is 2.58. The van der Waals surface area contributed by atoms with Gasteiger partial charge < -0.3 is 10.8 Å². The molecule has 0 bridgehead atoms. The Labute approximate surface area is 84.7 Å². The fourth-order valence-electron chi connectivity index (χ4n) is 3.58. The molecule has 2 rings (SSSR count). The topological polar surface area (TPSA) is 63.3 Å². The predicted molar refractivity (Wildman–Crippen MR) is 53.8 cm³/mol. The Morgan fingerprint density at radius 1 is 1.43 bits per heavy atom. The molecule has 3 heteroatoms. The maximum Gasteiger partial charge on any atom is 0.303 e. The van der Waals surface area contributed by atoms with Crippen molar-refractivity contribution in [2.24, 2.45) is 23.0 Å². The summed E-state index contributed by atoms with van der Waals surface area (Å²) in [7, 11) is 0. The summed E-state index contributed by atoms with van der Waals surface area (Å²) in [5.74, 6) is 0.712. The highest BCUT2D eigenvalue weighted by Gasteiger charge is 2.53. The lowest BCUT2D eigenvalue weighted by atomic mass is 9.48. The third-order valence-corrected chi connectivity index (χ3v) is 4.27. The molecule has 0 radical (unpaired) electrons. The lowest BCUT2D eigenvalue weighted by Gasteiger charge is -2.57. The second-order valence-electron chi connectivity index (χ2n) is 4.99. The Kier molecular flexibility index (Phi) is 2.52. The molecule has 2 saturated carbocycles. The number of carboxylic acid groups (broad SMARTS) is 1. The van der Waals surface area contributed by atoms with Crippen LogP contribution in [0.15, 0.2) is 0 Å². The maximum absolute atomic E-state index is 10.8. The molecule has 2 aliphatic rings. The van der Waals surface area contributed by atoms with E-state index >= 15 is 0 Å². The molecular weight excluding hydrogens is 178 g/mol. The molecule has 0 aromatic heterocycles. The summed E-state index contributed by atoms with van der Waals surface area (Å²) in [4.78, 5) is 10.8. The van der Waals surface area contributed by atoms with Gasteiger partial charge in [0, 0.05) is 0 Å². The standard InChI is InChI=1S/C11H19NO2/c12-7-11(6-10(13)14)5-8-3-1-2-4-9(8)11/h8-9H,1-7,12H2,(H,13,14)/t8-,9?,11+/m0/s1. The average molecular weight is 197 g/mol. The van der Waals surface area contributed by atoms with Crippen LogP contribution in [-0.2, 0) is 4.79 Å². The van der Waals surface area contributed by atoms with Gasteiger partial charge in [-0.15, -0.1) is 0 Å². The van der Waals surface area contributed by atoms with Crippen molar-refractivity contribution in [3.8, 4) is 0 Å². The van der Waals surface area contributed by atoms with Crippen molar-refractivity contribution >= 4 is 5.97 Å². The Morgan fingerprint density at radius 3 is 2.71 bits per heavy atom. The summed E-state index contributed by atoms with van der Waals surface area (Å²) < 4.78 is 0. The van der Waals surface area contributed by atoms with Crippen molar-refractivity contribution in [2.45, 2.75) is 38.5 Å². The van der Waals surface area contributed by atoms with Gasteiger partial charge in [-0.25, -0.2) is 0 Å². The van der Waals surface area contributed by atoms with Crippen LogP contribution in [0.4, 0.5) is 0 Å². The van der Waals surface area contributed by atoms with E-state index in [-0.39, 0.29) is 11.8 Å². The third-order valence-electron chi connectivity index (χ3n) is 4.27. The normalized spacial score (nSPS) is 41.2. The quantitative estimate of drug-likeness (QED) is 0.722. The zero-order valence-corrected chi connectivity index (χ0v) is 8.54. The monoisotopic (exact) mass is 197 g/mol. The molecular formula is C11H19NO2. The van der Waals surface area contributed by atoms with E-state index in [4.69, 9.17) is 10.8 Å². The van der Waals surface area contributed by atoms with Crippen LogP contribution in [0.2, 0.25) is 0 Å². The van der Waals surface area contributed by atoms with Crippen molar-refractivity contribution < 1.29 is 9.90 Å². The average Bonchev–Trinajstić information content (AvgIpc) is 2.13. The second kappa shape index (κ2) is 3.54. The van der Waals surface area contributed by atoms with Gasteiger partial charge in [0.25, 0.3) is 0 Å². The van der Waals surface area contributed by atoms with E-state index < -0.39 is 5.97 Å². The summed E-state index contributed by atoms with van der Waals surface area (Å²) in [5, 5.41) is 8.88. The van der Waals surface area contributed by atoms with E-state index in [0.717, 1.165) is 12.3 Å². The van der Waals surface area contributed by atoms with Gasteiger partial charge in [0.2, 0.25) is 0 Å². The minimum Gasteiger partial charge on any atom is -0.481 e. The first-order valence-electron chi connectivity index (χ1n) is 5.60. The number of rotatable bonds is 3. The Balaban J connectivity index is 2.04. The largest absolute Gasteiger partial charge is 0.481 e. The van der Waals surface area contributed by atoms with Crippen LogP contribution in [0.1, 0.15) is 38.5 Å². The first-order chi connectivity index (χ1) is 6.68. The first kappa shape index (κ1) is 9.97. The second-order valence-corrected chi connectivity index (χ2v) is 4.99. The molecule has 0 aliphatic heterocycles. The molecule has 0 aromatic carbocycles. The molecule has 14 heavy (non-hydrogen) atoms. The van der Waals surface area contributed by atoms with Gasteiger partial charge in [-0.2, -0.15) is 0 Å². The fraction of sp³-hybridized carbons (Fsp3) is 0.909. The predicted octanol–water partition coefficient (Wildman–Crippen LogP) is 1.62. The molecule has 2 fully saturated rings. The smallest absolute Gasteiger partial charge is 0.303 e. The molecule has 3 nitrogen and oxygen atoms in total. The van der Waals surface area contributed by atoms with Crippen molar-refractivity contribution in [1.82, 2.24) is 0 Å². The Morgan fingerprint density at radius 2 is 2.14 bits per heavy atom. The van der Waals surface area contributed by atoms with Gasteiger partial charge in [0.05, 0.1) is 6.42 Å². The van der Waals surface area contributed by atoms with Gasteiger partial charge >= 0.3 is 5.97 Å². The number of aliphatic carboxylic acids is 1. The Hall–Kier alpha value is -0.570. The number of nitrogens with two attached hydrogens (primary N) is 1. The van der Waals surface area contributed by atoms with Crippen molar-refractivity contribution in [3.05, 3.63) is 0 Å². The van der Waals surface area contributed by atoms with Crippen LogP contribution in [-0.4, -0.2) is 17.6 Å². The number of carbonyl (C=O) groups is 1. The van der Waals surface area contributed by atoms with Crippen LogP contribution in [0.3, 0.4) is 0 Å². The fourth-order valence-corrected chi connectivity index (χ4v) is 3.58. The molecule has 1 unspecified atom stereocenters. The molecule has 3 N–H and O–H groups in total. The number of fused-ring (bicyclic) bond motifs is 1. The highest BCUT2D eigenvalue weighted by molar-refractivity contribution is 5.68. The summed E-state index contributed by atoms with van der Waals surface area (Å²) in [6, 6.07) is 0. The molecule has 0 aromatic rings. The first-order valence-corrected chi connectivity index (χ1v) is 5.60. The minimum absolute atomic E-state index is 0.0447. The molecule has 0 amide bonds. The molecule has 80 valence electrons. The summed E-state index contributed by atoms with van der Waals surface area (Å²) in [5.41, 5.74) is 5.72. The summed E-state index contributed by atoms with van der Waals surface area (Å²) in [6.45, 7) is 0.556. The van der Waals surface area contributed by atoms with Gasteiger partial charge in [0.1, 0.15) is 0 Å². The van der Waals surface area contributed by atoms with Crippen molar-refractivity contribution in [2.75, 3.05) is 6.54 Å². The van der Waals surface area contributed by atoms with Crippen LogP contribution >= 0.6 is 0 Å². The van der Waals surface area contributed by atoms with E-state index in [1.54, 1.807) is 0 Å². The van der Waals surface area contributed by atoms with E-state index in [0.29, 0.717) is 12.5 Å². The molecule has 0 saturated heterocycles. The van der Waals surface area contributed by atoms with Crippen LogP contribution in [0.25, 0.3) is 0 Å². The van der Waals surface area contributed by atoms with Gasteiger partial charge in [-0.05, 0) is 36.6 Å². The highest BCUT2D eigenvalue weighted by atomic mass is 16.4.